The molecule has 9 aromatic rings. The van der Waals surface area contributed by atoms with Crippen LogP contribution < -0.4 is 4.90 Å². The van der Waals surface area contributed by atoms with Gasteiger partial charge in [-0.25, -0.2) is 0 Å². The van der Waals surface area contributed by atoms with Gasteiger partial charge in [0.25, 0.3) is 0 Å². The Bertz CT molecular complexity index is 2910. The van der Waals surface area contributed by atoms with Gasteiger partial charge in [0.05, 0.1) is 16.6 Å². The summed E-state index contributed by atoms with van der Waals surface area (Å²) in [5.41, 5.74) is 10.6. The van der Waals surface area contributed by atoms with Gasteiger partial charge in [0.2, 0.25) is 0 Å². The van der Waals surface area contributed by atoms with Crippen molar-refractivity contribution in [3.8, 4) is 33.4 Å². The fourth-order valence-corrected chi connectivity index (χ4v) is 8.48. The third-order valence-corrected chi connectivity index (χ3v) is 10.8. The van der Waals surface area contributed by atoms with E-state index in [1.165, 1.54) is 0 Å². The Morgan fingerprint density at radius 1 is 0.370 bits per heavy atom. The summed E-state index contributed by atoms with van der Waals surface area (Å²) < 4.78 is 38.1. The summed E-state index contributed by atoms with van der Waals surface area (Å²) in [5.74, 6) is 0. The maximum Gasteiger partial charge on any atom is 0.0714 e. The molecule has 0 amide bonds. The third-order valence-electron chi connectivity index (χ3n) is 10.8. The zero-order valence-electron chi connectivity index (χ0n) is 33.5. The van der Waals surface area contributed by atoms with Gasteiger partial charge in [-0.2, -0.15) is 0 Å². The van der Waals surface area contributed by atoms with Crippen LogP contribution in [0, 0.1) is 0 Å². The van der Waals surface area contributed by atoms with Crippen molar-refractivity contribution in [3.63, 3.8) is 0 Å². The highest BCUT2D eigenvalue weighted by atomic mass is 15.1. The molecule has 254 valence electrons. The standard InChI is InChI=1S/C53H37N/c1-4-16-38(17-5-1)39-30-34-44(35-31-39)54(45-36-32-41(33-37-45)47-26-14-19-40-18-10-11-24-46(40)47)51-29-15-28-50-52(51)48-25-12-13-27-49(48)53(50,42-20-6-2-7-21-42)43-22-8-3-9-23-43/h1-37H/i30D,31D,34D,35D. The van der Waals surface area contributed by atoms with Crippen LogP contribution in [-0.2, 0) is 5.41 Å². The predicted molar refractivity (Wildman–Crippen MR) is 227 cm³/mol. The summed E-state index contributed by atoms with van der Waals surface area (Å²) in [6.45, 7) is 0. The summed E-state index contributed by atoms with van der Waals surface area (Å²) in [4.78, 5) is 1.95. The lowest BCUT2D eigenvalue weighted by Crippen LogP contribution is -2.28. The number of hydrogen-bond acceptors (Lipinski definition) is 1. The first-order valence-corrected chi connectivity index (χ1v) is 18.4. The SMILES string of the molecule is [2H]c1c([2H])c(N(c2ccc(-c3cccc4ccccc34)cc2)c2cccc3c2-c2ccccc2C3(c2ccccc2)c2ccccc2)c([2H])c([2H])c1-c1ccccc1. The van der Waals surface area contributed by atoms with Gasteiger partial charge in [-0.05, 0) is 91.1 Å². The zero-order chi connectivity index (χ0) is 39.4. The summed E-state index contributed by atoms with van der Waals surface area (Å²) in [5, 5.41) is 2.31. The Morgan fingerprint density at radius 2 is 0.926 bits per heavy atom. The van der Waals surface area contributed by atoms with E-state index in [1.807, 2.05) is 59.5 Å². The van der Waals surface area contributed by atoms with Gasteiger partial charge in [-0.15, -0.1) is 0 Å². The van der Waals surface area contributed by atoms with E-state index in [-0.39, 0.29) is 35.4 Å². The average Bonchev–Trinajstić information content (AvgIpc) is 3.60. The van der Waals surface area contributed by atoms with Crippen LogP contribution in [0.4, 0.5) is 17.1 Å². The molecule has 1 nitrogen and oxygen atoms in total. The van der Waals surface area contributed by atoms with E-state index in [1.54, 1.807) is 0 Å². The second-order valence-corrected chi connectivity index (χ2v) is 13.7. The Morgan fingerprint density at radius 3 is 1.65 bits per heavy atom. The second-order valence-electron chi connectivity index (χ2n) is 13.7. The largest absolute Gasteiger partial charge is 0.310 e. The molecule has 54 heavy (non-hydrogen) atoms. The van der Waals surface area contributed by atoms with Crippen molar-refractivity contribution in [2.24, 2.45) is 0 Å². The first-order chi connectivity index (χ1) is 28.5. The van der Waals surface area contributed by atoms with E-state index < -0.39 is 5.41 Å². The summed E-state index contributed by atoms with van der Waals surface area (Å²) >= 11 is 0. The minimum Gasteiger partial charge on any atom is -0.310 e. The molecule has 0 radical (unpaired) electrons. The highest BCUT2D eigenvalue weighted by Crippen LogP contribution is 2.59. The summed E-state index contributed by atoms with van der Waals surface area (Å²) in [7, 11) is 0. The molecule has 0 aromatic heterocycles. The molecule has 0 unspecified atom stereocenters. The zero-order valence-corrected chi connectivity index (χ0v) is 29.5. The molecule has 0 atom stereocenters. The van der Waals surface area contributed by atoms with Gasteiger partial charge < -0.3 is 4.90 Å². The maximum absolute atomic E-state index is 9.68. The molecule has 1 aliphatic carbocycles. The Kier molecular flexibility index (Phi) is 6.77. The molecule has 1 aliphatic rings. The molecular formula is C53H37N. The van der Waals surface area contributed by atoms with Crippen molar-refractivity contribution < 1.29 is 5.48 Å². The van der Waals surface area contributed by atoms with Gasteiger partial charge in [-0.3, -0.25) is 0 Å². The molecule has 0 saturated carbocycles. The van der Waals surface area contributed by atoms with Crippen LogP contribution in [0.2, 0.25) is 0 Å². The molecule has 0 bridgehead atoms. The number of hydrogen-bond donors (Lipinski definition) is 0. The molecule has 10 rings (SSSR count). The highest BCUT2D eigenvalue weighted by molar-refractivity contribution is 5.99. The van der Waals surface area contributed by atoms with Crippen molar-refractivity contribution in [2.75, 3.05) is 4.90 Å². The summed E-state index contributed by atoms with van der Waals surface area (Å²) in [6.07, 6.45) is 0. The quantitative estimate of drug-likeness (QED) is 0.161. The Hall–Kier alpha value is -6.96. The molecule has 9 aromatic carbocycles. The molecule has 1 heteroatoms. The van der Waals surface area contributed by atoms with E-state index in [4.69, 9.17) is 0 Å². The van der Waals surface area contributed by atoms with Crippen LogP contribution in [0.3, 0.4) is 0 Å². The van der Waals surface area contributed by atoms with Gasteiger partial charge >= 0.3 is 0 Å². The highest BCUT2D eigenvalue weighted by Gasteiger charge is 2.47. The predicted octanol–water partition coefficient (Wildman–Crippen LogP) is 14.0. The number of benzene rings is 9. The lowest BCUT2D eigenvalue weighted by atomic mass is 9.68. The van der Waals surface area contributed by atoms with E-state index >= 15 is 0 Å². The Balaban J connectivity index is 1.27. The number of anilines is 3. The molecule has 0 aliphatic heterocycles. The van der Waals surface area contributed by atoms with E-state index in [0.717, 1.165) is 66.7 Å². The summed E-state index contributed by atoms with van der Waals surface area (Å²) in [6, 6.07) is 67.9. The van der Waals surface area contributed by atoms with Crippen LogP contribution in [0.5, 0.6) is 0 Å². The lowest BCUT2D eigenvalue weighted by molar-refractivity contribution is 0.768. The fraction of sp³-hybridized carbons (Fsp3) is 0.0189. The monoisotopic (exact) mass is 691 g/mol. The van der Waals surface area contributed by atoms with Gasteiger partial charge in [-0.1, -0.05) is 194 Å². The van der Waals surface area contributed by atoms with Gasteiger partial charge in [0.1, 0.15) is 0 Å². The third kappa shape index (κ3) is 5.09. The van der Waals surface area contributed by atoms with Crippen molar-refractivity contribution in [2.45, 2.75) is 5.41 Å². The smallest absolute Gasteiger partial charge is 0.0714 e. The number of rotatable bonds is 7. The molecular weight excluding hydrogens is 651 g/mol. The minimum absolute atomic E-state index is 0.0875. The van der Waals surface area contributed by atoms with Gasteiger partial charge in [0, 0.05) is 16.9 Å². The maximum atomic E-state index is 9.68. The van der Waals surface area contributed by atoms with E-state index in [9.17, 15) is 5.48 Å². The minimum atomic E-state index is -0.666. The van der Waals surface area contributed by atoms with Gasteiger partial charge in [0.15, 0.2) is 0 Å². The molecule has 0 saturated heterocycles. The van der Waals surface area contributed by atoms with Crippen LogP contribution in [0.25, 0.3) is 44.2 Å². The second kappa shape index (κ2) is 13.2. The lowest BCUT2D eigenvalue weighted by Gasteiger charge is -2.34. The van der Waals surface area contributed by atoms with E-state index in [0.29, 0.717) is 5.56 Å². The van der Waals surface area contributed by atoms with Crippen LogP contribution in [-0.4, -0.2) is 0 Å². The average molecular weight is 692 g/mol. The first-order valence-electron chi connectivity index (χ1n) is 20.4. The van der Waals surface area contributed by atoms with Crippen molar-refractivity contribution >= 4 is 27.8 Å². The number of nitrogens with zero attached hydrogens (tertiary/aromatic N) is 1. The van der Waals surface area contributed by atoms with Crippen LogP contribution >= 0.6 is 0 Å². The molecule has 0 spiro atoms. The topological polar surface area (TPSA) is 3.24 Å². The first kappa shape index (κ1) is 27.7. The van der Waals surface area contributed by atoms with Crippen LogP contribution in [0.1, 0.15) is 27.7 Å². The molecule has 0 heterocycles. The molecule has 0 N–H and O–H groups in total. The number of fused-ring (bicyclic) bond motifs is 4. The van der Waals surface area contributed by atoms with Crippen molar-refractivity contribution in [1.29, 1.82) is 0 Å². The molecule has 0 fully saturated rings. The normalized spacial score (nSPS) is 13.6. The van der Waals surface area contributed by atoms with Crippen molar-refractivity contribution in [3.05, 3.63) is 247 Å². The van der Waals surface area contributed by atoms with Crippen molar-refractivity contribution in [1.82, 2.24) is 0 Å². The van der Waals surface area contributed by atoms with E-state index in [2.05, 4.69) is 146 Å². The fourth-order valence-electron chi connectivity index (χ4n) is 8.48. The van der Waals surface area contributed by atoms with Crippen LogP contribution in [0.15, 0.2) is 224 Å². The Labute approximate surface area is 322 Å².